The van der Waals surface area contributed by atoms with Crippen LogP contribution in [0.2, 0.25) is 5.02 Å². The summed E-state index contributed by atoms with van der Waals surface area (Å²) in [7, 11) is 0. The van der Waals surface area contributed by atoms with Gasteiger partial charge in [0.05, 0.1) is 17.3 Å². The van der Waals surface area contributed by atoms with Crippen LogP contribution in [-0.2, 0) is 13.0 Å². The number of nitrogens with zero attached hydrogens (tertiary/aromatic N) is 4. The summed E-state index contributed by atoms with van der Waals surface area (Å²) in [5, 5.41) is 0.582. The lowest BCUT2D eigenvalue weighted by atomic mass is 10.2. The summed E-state index contributed by atoms with van der Waals surface area (Å²) >= 11 is 11.9. The van der Waals surface area contributed by atoms with Crippen molar-refractivity contribution in [3.8, 4) is 0 Å². The molecule has 0 amide bonds. The molecule has 6 heteroatoms. The third-order valence-corrected chi connectivity index (χ3v) is 3.77. The molecule has 3 aromatic rings. The molecule has 4 nitrogen and oxygen atoms in total. The molecule has 21 heavy (non-hydrogen) atoms. The van der Waals surface area contributed by atoms with Crippen LogP contribution < -0.4 is 0 Å². The van der Waals surface area contributed by atoms with E-state index < -0.39 is 0 Å². The number of halogens is 2. The van der Waals surface area contributed by atoms with Gasteiger partial charge in [-0.05, 0) is 24.6 Å². The molecule has 3 heterocycles. The molecule has 0 saturated carbocycles. The number of hydrogen-bond donors (Lipinski definition) is 0. The number of alkyl halides is 1. The zero-order chi connectivity index (χ0) is 14.8. The number of aromatic nitrogens is 4. The molecule has 0 unspecified atom stereocenters. The smallest absolute Gasteiger partial charge is 0.160 e. The Balaban J connectivity index is 2.11. The molecule has 0 radical (unpaired) electrons. The van der Waals surface area contributed by atoms with Crippen LogP contribution in [0.5, 0.6) is 0 Å². The minimum absolute atomic E-state index is 0.512. The molecule has 0 bridgehead atoms. The Morgan fingerprint density at radius 3 is 2.90 bits per heavy atom. The minimum Gasteiger partial charge on any atom is -0.307 e. The Bertz CT molecular complexity index is 782. The van der Waals surface area contributed by atoms with Gasteiger partial charge >= 0.3 is 0 Å². The summed E-state index contributed by atoms with van der Waals surface area (Å²) in [4.78, 5) is 13.4. The van der Waals surface area contributed by atoms with E-state index in [2.05, 4.69) is 19.5 Å². The third-order valence-electron chi connectivity index (χ3n) is 3.37. The van der Waals surface area contributed by atoms with E-state index >= 15 is 0 Å². The lowest BCUT2D eigenvalue weighted by molar-refractivity contribution is 0.727. The van der Waals surface area contributed by atoms with Crippen molar-refractivity contribution in [3.05, 3.63) is 52.7 Å². The van der Waals surface area contributed by atoms with Gasteiger partial charge in [-0.1, -0.05) is 17.7 Å². The van der Waals surface area contributed by atoms with Crippen molar-refractivity contribution in [2.24, 2.45) is 0 Å². The summed E-state index contributed by atoms with van der Waals surface area (Å²) in [5.74, 6) is 1.41. The predicted molar refractivity (Wildman–Crippen MR) is 85.0 cm³/mol. The molecule has 3 aromatic heterocycles. The van der Waals surface area contributed by atoms with Crippen LogP contribution in [0.1, 0.15) is 17.1 Å². The third kappa shape index (κ3) is 2.87. The zero-order valence-electron chi connectivity index (χ0n) is 11.6. The molecule has 0 aromatic carbocycles. The van der Waals surface area contributed by atoms with Crippen LogP contribution in [0.25, 0.3) is 11.2 Å². The first-order valence-corrected chi connectivity index (χ1v) is 7.57. The van der Waals surface area contributed by atoms with E-state index in [1.807, 2.05) is 25.1 Å². The SMILES string of the molecule is Cc1cccnc1Cn1c(CCCl)nc2cc(Cl)cnc21. The lowest BCUT2D eigenvalue weighted by Gasteiger charge is -2.09. The van der Waals surface area contributed by atoms with Gasteiger partial charge in [0.15, 0.2) is 5.65 Å². The van der Waals surface area contributed by atoms with Gasteiger partial charge in [0.2, 0.25) is 0 Å². The molecule has 0 aliphatic carbocycles. The van der Waals surface area contributed by atoms with Crippen molar-refractivity contribution in [2.45, 2.75) is 19.9 Å². The normalized spacial score (nSPS) is 11.2. The Morgan fingerprint density at radius 2 is 2.14 bits per heavy atom. The monoisotopic (exact) mass is 320 g/mol. The number of pyridine rings is 2. The van der Waals surface area contributed by atoms with Crippen molar-refractivity contribution >= 4 is 34.4 Å². The minimum atomic E-state index is 0.512. The van der Waals surface area contributed by atoms with Gasteiger partial charge < -0.3 is 4.57 Å². The van der Waals surface area contributed by atoms with Gasteiger partial charge in [0.1, 0.15) is 11.3 Å². The highest BCUT2D eigenvalue weighted by Gasteiger charge is 2.13. The standard InChI is InChI=1S/C15H14Cl2N4/c1-10-3-2-6-18-13(10)9-21-14(4-5-16)20-12-7-11(17)8-19-15(12)21/h2-3,6-8H,4-5,9H2,1H3. The highest BCUT2D eigenvalue weighted by atomic mass is 35.5. The fraction of sp³-hybridized carbons (Fsp3) is 0.267. The van der Waals surface area contributed by atoms with E-state index in [1.54, 1.807) is 12.4 Å². The van der Waals surface area contributed by atoms with Gasteiger partial charge in [-0.15, -0.1) is 11.6 Å². The molecule has 0 saturated heterocycles. The first kappa shape index (κ1) is 14.3. The molecule has 0 aliphatic rings. The van der Waals surface area contributed by atoms with Crippen LogP contribution in [0, 0.1) is 6.92 Å². The summed E-state index contributed by atoms with van der Waals surface area (Å²) < 4.78 is 2.06. The van der Waals surface area contributed by atoms with E-state index in [9.17, 15) is 0 Å². The van der Waals surface area contributed by atoms with E-state index in [1.165, 1.54) is 0 Å². The van der Waals surface area contributed by atoms with Gasteiger partial charge in [-0.3, -0.25) is 4.98 Å². The van der Waals surface area contributed by atoms with E-state index in [0.29, 0.717) is 23.9 Å². The number of imidazole rings is 1. The van der Waals surface area contributed by atoms with Crippen molar-refractivity contribution in [2.75, 3.05) is 5.88 Å². The van der Waals surface area contributed by atoms with E-state index in [4.69, 9.17) is 23.2 Å². The Kier molecular flexibility index (Phi) is 4.08. The van der Waals surface area contributed by atoms with Crippen molar-refractivity contribution < 1.29 is 0 Å². The zero-order valence-corrected chi connectivity index (χ0v) is 13.1. The Morgan fingerprint density at radius 1 is 1.29 bits per heavy atom. The van der Waals surface area contributed by atoms with Crippen LogP contribution in [-0.4, -0.2) is 25.4 Å². The highest BCUT2D eigenvalue weighted by Crippen LogP contribution is 2.20. The largest absolute Gasteiger partial charge is 0.307 e. The number of rotatable bonds is 4. The maximum atomic E-state index is 5.99. The van der Waals surface area contributed by atoms with Gasteiger partial charge in [-0.2, -0.15) is 0 Å². The molecule has 0 aliphatic heterocycles. The molecule has 0 fully saturated rings. The first-order valence-electron chi connectivity index (χ1n) is 6.66. The second kappa shape index (κ2) is 6.00. The fourth-order valence-corrected chi connectivity index (χ4v) is 2.63. The highest BCUT2D eigenvalue weighted by molar-refractivity contribution is 6.31. The van der Waals surface area contributed by atoms with E-state index in [0.717, 1.165) is 28.2 Å². The topological polar surface area (TPSA) is 43.6 Å². The lowest BCUT2D eigenvalue weighted by Crippen LogP contribution is -2.09. The molecule has 3 rings (SSSR count). The molecule has 0 spiro atoms. The van der Waals surface area contributed by atoms with Crippen molar-refractivity contribution in [1.82, 2.24) is 19.5 Å². The van der Waals surface area contributed by atoms with Gasteiger partial charge in [0.25, 0.3) is 0 Å². The maximum absolute atomic E-state index is 5.99. The molecule has 0 atom stereocenters. The molecule has 108 valence electrons. The number of aryl methyl sites for hydroxylation is 2. The Labute approximate surface area is 132 Å². The predicted octanol–water partition coefficient (Wildman–Crippen LogP) is 3.62. The maximum Gasteiger partial charge on any atom is 0.160 e. The average Bonchev–Trinajstić information content (AvgIpc) is 2.79. The summed E-state index contributed by atoms with van der Waals surface area (Å²) in [6, 6.07) is 5.80. The van der Waals surface area contributed by atoms with Gasteiger partial charge in [0, 0.05) is 24.7 Å². The average molecular weight is 321 g/mol. The van der Waals surface area contributed by atoms with Gasteiger partial charge in [-0.25, -0.2) is 9.97 Å². The second-order valence-corrected chi connectivity index (χ2v) is 5.63. The second-order valence-electron chi connectivity index (χ2n) is 4.82. The molecular formula is C15H14Cl2N4. The summed E-state index contributed by atoms with van der Waals surface area (Å²) in [6.45, 7) is 2.68. The molecular weight excluding hydrogens is 307 g/mol. The summed E-state index contributed by atoms with van der Waals surface area (Å²) in [6.07, 6.45) is 4.12. The number of hydrogen-bond acceptors (Lipinski definition) is 3. The van der Waals surface area contributed by atoms with Crippen LogP contribution in [0.3, 0.4) is 0 Å². The Hall–Kier alpha value is -1.65. The number of fused-ring (bicyclic) bond motifs is 1. The van der Waals surface area contributed by atoms with E-state index in [-0.39, 0.29) is 0 Å². The van der Waals surface area contributed by atoms with Crippen molar-refractivity contribution in [1.29, 1.82) is 0 Å². The van der Waals surface area contributed by atoms with Crippen LogP contribution in [0.4, 0.5) is 0 Å². The molecule has 0 N–H and O–H groups in total. The fourth-order valence-electron chi connectivity index (χ4n) is 2.31. The van der Waals surface area contributed by atoms with Crippen LogP contribution >= 0.6 is 23.2 Å². The van der Waals surface area contributed by atoms with Crippen LogP contribution in [0.15, 0.2) is 30.6 Å². The summed E-state index contributed by atoms with van der Waals surface area (Å²) in [5.41, 5.74) is 3.75. The quantitative estimate of drug-likeness (QED) is 0.689. The first-order chi connectivity index (χ1) is 10.2. The van der Waals surface area contributed by atoms with Crippen molar-refractivity contribution in [3.63, 3.8) is 0 Å².